The zero-order chi connectivity index (χ0) is 59.2. The predicted molar refractivity (Wildman–Crippen MR) is 357 cm³/mol. The maximum absolute atomic E-state index is 13.0. The number of allylic oxidation sites excluding steroid dienone is 16. The summed E-state index contributed by atoms with van der Waals surface area (Å²) in [6.45, 7) is 6.52. The van der Waals surface area contributed by atoms with Gasteiger partial charge in [-0.05, 0) is 122 Å². The minimum absolute atomic E-state index is 0.0798. The summed E-state index contributed by atoms with van der Waals surface area (Å²) in [5, 5.41) is 0. The summed E-state index contributed by atoms with van der Waals surface area (Å²) in [5.41, 5.74) is 0. The van der Waals surface area contributed by atoms with Gasteiger partial charge in [0.25, 0.3) is 0 Å². The van der Waals surface area contributed by atoms with Crippen LogP contribution in [-0.4, -0.2) is 37.2 Å². The highest BCUT2D eigenvalue weighted by Crippen LogP contribution is 2.17. The lowest BCUT2D eigenvalue weighted by Gasteiger charge is -2.18. The fraction of sp³-hybridized carbons (Fsp3) is 0.750. The first-order valence-electron chi connectivity index (χ1n) is 35.2. The van der Waals surface area contributed by atoms with Gasteiger partial charge in [-0.25, -0.2) is 0 Å². The van der Waals surface area contributed by atoms with Crippen LogP contribution in [0.2, 0.25) is 0 Å². The Labute approximate surface area is 508 Å². The minimum atomic E-state index is -0.785. The normalized spacial score (nSPS) is 12.7. The van der Waals surface area contributed by atoms with Crippen molar-refractivity contribution < 1.29 is 28.6 Å². The van der Waals surface area contributed by atoms with Crippen LogP contribution in [0.4, 0.5) is 0 Å². The van der Waals surface area contributed by atoms with Crippen LogP contribution < -0.4 is 0 Å². The van der Waals surface area contributed by atoms with Crippen molar-refractivity contribution in [2.45, 2.75) is 354 Å². The van der Waals surface area contributed by atoms with E-state index in [1.807, 2.05) is 0 Å². The number of carbonyl (C=O) groups is 3. The second-order valence-electron chi connectivity index (χ2n) is 23.4. The third kappa shape index (κ3) is 67.1. The van der Waals surface area contributed by atoms with Crippen LogP contribution in [0.25, 0.3) is 0 Å². The molecule has 0 saturated heterocycles. The molecular formula is C76H132O6. The molecule has 0 spiro atoms. The molecule has 1 unspecified atom stereocenters. The van der Waals surface area contributed by atoms with E-state index in [9.17, 15) is 14.4 Å². The van der Waals surface area contributed by atoms with Gasteiger partial charge < -0.3 is 14.2 Å². The summed E-state index contributed by atoms with van der Waals surface area (Å²) in [5.74, 6) is -0.879. The van der Waals surface area contributed by atoms with Crippen molar-refractivity contribution in [3.8, 4) is 0 Å². The van der Waals surface area contributed by atoms with E-state index in [-0.39, 0.29) is 31.1 Å². The molecule has 0 bridgehead atoms. The van der Waals surface area contributed by atoms with Gasteiger partial charge in [-0.2, -0.15) is 0 Å². The van der Waals surface area contributed by atoms with Gasteiger partial charge in [0.2, 0.25) is 0 Å². The van der Waals surface area contributed by atoms with E-state index in [0.29, 0.717) is 19.3 Å². The Morgan fingerprint density at radius 1 is 0.256 bits per heavy atom. The fourth-order valence-electron chi connectivity index (χ4n) is 10.0. The molecule has 6 heteroatoms. The minimum Gasteiger partial charge on any atom is -0.462 e. The third-order valence-corrected chi connectivity index (χ3v) is 15.3. The molecule has 0 fully saturated rings. The van der Waals surface area contributed by atoms with Gasteiger partial charge in [-0.1, -0.05) is 304 Å². The lowest BCUT2D eigenvalue weighted by Crippen LogP contribution is -2.30. The average Bonchev–Trinajstić information content (AvgIpc) is 3.47. The first-order valence-corrected chi connectivity index (χ1v) is 35.2. The standard InChI is InChI=1S/C76H132O6/c1-4-7-10-13-16-19-22-25-27-29-31-33-35-37-38-40-41-43-45-47-49-51-54-57-60-63-66-69-75(78)81-72-73(71-80-74(77)68-65-62-59-56-53-24-21-18-15-12-9-6-3)82-76(79)70-67-64-61-58-55-52-50-48-46-44-42-39-36-34-32-30-28-26-23-20-17-14-11-8-5-2/h7,10,16,18-19,21,23,25-27,30-33,36,39,73H,4-6,8-9,11-15,17,20,22,24,28-29,34-35,37-38,40-72H2,1-3H3/b10-7-,19-16-,21-18-,26-23-,27-25-,32-30-,33-31-,39-36-. The van der Waals surface area contributed by atoms with E-state index >= 15 is 0 Å². The van der Waals surface area contributed by atoms with Crippen LogP contribution >= 0.6 is 0 Å². The van der Waals surface area contributed by atoms with Gasteiger partial charge in [0.05, 0.1) is 0 Å². The lowest BCUT2D eigenvalue weighted by molar-refractivity contribution is -0.167. The van der Waals surface area contributed by atoms with Gasteiger partial charge in [-0.15, -0.1) is 0 Å². The summed E-state index contributed by atoms with van der Waals surface area (Å²) in [7, 11) is 0. The second-order valence-corrected chi connectivity index (χ2v) is 23.4. The molecule has 0 aliphatic heterocycles. The summed E-state index contributed by atoms with van der Waals surface area (Å²) < 4.78 is 17.0. The number of rotatable bonds is 64. The molecule has 0 aliphatic rings. The third-order valence-electron chi connectivity index (χ3n) is 15.3. The SMILES string of the molecule is CC/C=C\C/C=C\C/C=C\C/C=C\CCCCCCCCCCCCCCCCC(=O)OCC(COC(=O)CCCCCCC/C=C\CCCCC)OC(=O)CCCCCCCCCCCC/C=C\C/C=C\C/C=C\CCCCCCC. The Hall–Kier alpha value is -3.67. The molecule has 82 heavy (non-hydrogen) atoms. The molecule has 1 atom stereocenters. The zero-order valence-electron chi connectivity index (χ0n) is 54.2. The van der Waals surface area contributed by atoms with E-state index in [1.54, 1.807) is 0 Å². The molecule has 0 heterocycles. The van der Waals surface area contributed by atoms with Crippen LogP contribution in [0.1, 0.15) is 348 Å². The topological polar surface area (TPSA) is 78.9 Å². The molecule has 0 amide bonds. The van der Waals surface area contributed by atoms with Crippen molar-refractivity contribution >= 4 is 17.9 Å². The molecule has 0 saturated carbocycles. The molecule has 0 rings (SSSR count). The number of esters is 3. The lowest BCUT2D eigenvalue weighted by atomic mass is 10.0. The van der Waals surface area contributed by atoms with E-state index in [1.165, 1.54) is 205 Å². The van der Waals surface area contributed by atoms with Crippen LogP contribution in [0, 0.1) is 0 Å². The number of hydrogen-bond donors (Lipinski definition) is 0. The molecule has 472 valence electrons. The van der Waals surface area contributed by atoms with Gasteiger partial charge in [-0.3, -0.25) is 14.4 Å². The highest BCUT2D eigenvalue weighted by molar-refractivity contribution is 5.71. The van der Waals surface area contributed by atoms with Gasteiger partial charge in [0.15, 0.2) is 6.10 Å². The second kappa shape index (κ2) is 69.8. The van der Waals surface area contributed by atoms with Crippen LogP contribution in [0.3, 0.4) is 0 Å². The van der Waals surface area contributed by atoms with Crippen molar-refractivity contribution in [1.82, 2.24) is 0 Å². The van der Waals surface area contributed by atoms with Crippen molar-refractivity contribution in [2.75, 3.05) is 13.2 Å². The Kier molecular flexibility index (Phi) is 66.7. The largest absolute Gasteiger partial charge is 0.462 e. The molecule has 0 N–H and O–H groups in total. The molecule has 0 aromatic heterocycles. The average molecular weight is 1140 g/mol. The van der Waals surface area contributed by atoms with Gasteiger partial charge in [0, 0.05) is 19.3 Å². The van der Waals surface area contributed by atoms with Gasteiger partial charge >= 0.3 is 17.9 Å². The zero-order valence-corrected chi connectivity index (χ0v) is 54.2. The van der Waals surface area contributed by atoms with E-state index in [0.717, 1.165) is 103 Å². The van der Waals surface area contributed by atoms with Crippen molar-refractivity contribution in [2.24, 2.45) is 0 Å². The predicted octanol–water partition coefficient (Wildman–Crippen LogP) is 24.4. The molecule has 0 aromatic carbocycles. The van der Waals surface area contributed by atoms with Crippen molar-refractivity contribution in [3.63, 3.8) is 0 Å². The number of ether oxygens (including phenoxy) is 3. The number of carbonyl (C=O) groups excluding carboxylic acids is 3. The molecular weight excluding hydrogens is 1010 g/mol. The highest BCUT2D eigenvalue weighted by Gasteiger charge is 2.19. The number of unbranched alkanes of at least 4 members (excludes halogenated alkanes) is 37. The Morgan fingerprint density at radius 3 is 0.780 bits per heavy atom. The Morgan fingerprint density at radius 2 is 0.476 bits per heavy atom. The van der Waals surface area contributed by atoms with E-state index < -0.39 is 6.10 Å². The van der Waals surface area contributed by atoms with E-state index in [4.69, 9.17) is 14.2 Å². The summed E-state index contributed by atoms with van der Waals surface area (Å²) in [6.07, 6.45) is 94.3. The quantitative estimate of drug-likeness (QED) is 0.0261. The fourth-order valence-corrected chi connectivity index (χ4v) is 10.0. The number of hydrogen-bond acceptors (Lipinski definition) is 6. The first kappa shape index (κ1) is 78.3. The Balaban J connectivity index is 4.26. The first-order chi connectivity index (χ1) is 40.5. The van der Waals surface area contributed by atoms with Crippen LogP contribution in [-0.2, 0) is 28.6 Å². The smallest absolute Gasteiger partial charge is 0.306 e. The van der Waals surface area contributed by atoms with Crippen molar-refractivity contribution in [3.05, 3.63) is 97.2 Å². The Bertz CT molecular complexity index is 1590. The van der Waals surface area contributed by atoms with Gasteiger partial charge in [0.1, 0.15) is 13.2 Å². The summed E-state index contributed by atoms with van der Waals surface area (Å²) >= 11 is 0. The maximum atomic E-state index is 13.0. The molecule has 6 nitrogen and oxygen atoms in total. The molecule has 0 aromatic rings. The van der Waals surface area contributed by atoms with Crippen LogP contribution in [0.5, 0.6) is 0 Å². The van der Waals surface area contributed by atoms with E-state index in [2.05, 4.69) is 118 Å². The monoisotopic (exact) mass is 1140 g/mol. The summed E-state index contributed by atoms with van der Waals surface area (Å²) in [4.78, 5) is 38.4. The maximum Gasteiger partial charge on any atom is 0.306 e. The van der Waals surface area contributed by atoms with Crippen molar-refractivity contribution in [1.29, 1.82) is 0 Å². The molecule has 0 radical (unpaired) electrons. The highest BCUT2D eigenvalue weighted by atomic mass is 16.6. The summed E-state index contributed by atoms with van der Waals surface area (Å²) in [6, 6.07) is 0. The van der Waals surface area contributed by atoms with Crippen LogP contribution in [0.15, 0.2) is 97.2 Å². The molecule has 0 aliphatic carbocycles.